The van der Waals surface area contributed by atoms with Crippen LogP contribution in [0, 0.1) is 0 Å². The molecule has 0 bridgehead atoms. The molecule has 1 aromatic heterocycles. The van der Waals surface area contributed by atoms with Crippen LogP contribution in [0.25, 0.3) is 0 Å². The molecule has 0 saturated heterocycles. The number of nitrogens with zero attached hydrogens (tertiary/aromatic N) is 1. The minimum absolute atomic E-state index is 0. The number of pyridine rings is 1. The van der Waals surface area contributed by atoms with E-state index in [0.717, 1.165) is 11.8 Å². The molecule has 0 radical (unpaired) electrons. The fraction of sp³-hybridized carbons (Fsp3) is 0.143. The molecule has 60 valence electrons. The fourth-order valence-corrected chi connectivity index (χ4v) is 0.931. The molecule has 0 saturated carbocycles. The number of carbonyl (C=O) groups is 1. The van der Waals surface area contributed by atoms with Gasteiger partial charge in [0.05, 0.1) is 4.83 Å². The van der Waals surface area contributed by atoms with E-state index in [1.54, 1.807) is 24.5 Å². The van der Waals surface area contributed by atoms with Crippen LogP contribution >= 0.6 is 32.9 Å². The highest BCUT2D eigenvalue weighted by Crippen LogP contribution is 2.17. The normalized spacial score (nSPS) is 11.4. The highest BCUT2D eigenvalue weighted by atomic mass is 79.9. The summed E-state index contributed by atoms with van der Waals surface area (Å²) in [5.41, 5.74) is 0.935. The zero-order chi connectivity index (χ0) is 7.40. The van der Waals surface area contributed by atoms with Gasteiger partial charge < -0.3 is 4.79 Å². The average molecular weight is 281 g/mol. The van der Waals surface area contributed by atoms with Crippen molar-refractivity contribution >= 4 is 39.2 Å². The molecule has 0 fully saturated rings. The first kappa shape index (κ1) is 10.8. The SMILES string of the molecule is Br.O=CC(Br)c1ccncc1. The average Bonchev–Trinajstić information content (AvgIpc) is 2.05. The number of aromatic nitrogens is 1. The van der Waals surface area contributed by atoms with Crippen LogP contribution in [0.2, 0.25) is 0 Å². The Balaban J connectivity index is 0.000001000. The predicted octanol–water partition coefficient (Wildman–Crippen LogP) is 2.29. The van der Waals surface area contributed by atoms with E-state index in [9.17, 15) is 4.79 Å². The molecule has 0 N–H and O–H groups in total. The van der Waals surface area contributed by atoms with Crippen molar-refractivity contribution in [2.24, 2.45) is 0 Å². The van der Waals surface area contributed by atoms with Gasteiger partial charge in [-0.15, -0.1) is 17.0 Å². The van der Waals surface area contributed by atoms with Gasteiger partial charge in [-0.1, -0.05) is 15.9 Å². The van der Waals surface area contributed by atoms with Gasteiger partial charge in [0, 0.05) is 12.4 Å². The molecule has 0 amide bonds. The minimum atomic E-state index is -0.199. The van der Waals surface area contributed by atoms with E-state index in [2.05, 4.69) is 20.9 Å². The number of alkyl halides is 1. The first-order valence-electron chi connectivity index (χ1n) is 2.84. The molecular weight excluding hydrogens is 274 g/mol. The second-order valence-corrected chi connectivity index (χ2v) is 2.80. The molecule has 1 atom stereocenters. The Morgan fingerprint density at radius 3 is 2.45 bits per heavy atom. The molecule has 0 aliphatic rings. The number of hydrogen-bond acceptors (Lipinski definition) is 2. The van der Waals surface area contributed by atoms with E-state index < -0.39 is 0 Å². The van der Waals surface area contributed by atoms with Crippen molar-refractivity contribution in [2.45, 2.75) is 4.83 Å². The Bertz CT molecular complexity index is 215. The smallest absolute Gasteiger partial charge is 0.138 e. The predicted molar refractivity (Wildman–Crippen MR) is 52.3 cm³/mol. The van der Waals surface area contributed by atoms with Crippen molar-refractivity contribution in [1.82, 2.24) is 4.98 Å². The number of halogens is 2. The fourth-order valence-electron chi connectivity index (χ4n) is 0.626. The summed E-state index contributed by atoms with van der Waals surface area (Å²) in [6, 6.07) is 3.60. The van der Waals surface area contributed by atoms with Crippen molar-refractivity contribution in [3.63, 3.8) is 0 Å². The number of carbonyl (C=O) groups excluding carboxylic acids is 1. The van der Waals surface area contributed by atoms with Gasteiger partial charge in [0.15, 0.2) is 0 Å². The third-order valence-corrected chi connectivity index (χ3v) is 1.89. The summed E-state index contributed by atoms with van der Waals surface area (Å²) in [7, 11) is 0. The lowest BCUT2D eigenvalue weighted by Crippen LogP contribution is -1.89. The summed E-state index contributed by atoms with van der Waals surface area (Å²) in [5.74, 6) is 0. The summed E-state index contributed by atoms with van der Waals surface area (Å²) in [6.45, 7) is 0. The molecule has 0 aromatic carbocycles. The topological polar surface area (TPSA) is 30.0 Å². The van der Waals surface area contributed by atoms with E-state index in [1.807, 2.05) is 0 Å². The quantitative estimate of drug-likeness (QED) is 0.615. The van der Waals surface area contributed by atoms with Crippen LogP contribution in [0.1, 0.15) is 10.4 Å². The molecule has 11 heavy (non-hydrogen) atoms. The lowest BCUT2D eigenvalue weighted by atomic mass is 10.2. The summed E-state index contributed by atoms with van der Waals surface area (Å²) < 4.78 is 0. The lowest BCUT2D eigenvalue weighted by molar-refractivity contribution is -0.107. The third-order valence-electron chi connectivity index (χ3n) is 1.14. The van der Waals surface area contributed by atoms with Crippen LogP contribution in [0.5, 0.6) is 0 Å². The summed E-state index contributed by atoms with van der Waals surface area (Å²) >= 11 is 3.19. The van der Waals surface area contributed by atoms with Gasteiger partial charge in [0.25, 0.3) is 0 Å². The summed E-state index contributed by atoms with van der Waals surface area (Å²) in [4.78, 5) is 13.9. The summed E-state index contributed by atoms with van der Waals surface area (Å²) in [6.07, 6.45) is 4.16. The summed E-state index contributed by atoms with van der Waals surface area (Å²) in [5, 5.41) is 0. The molecule has 1 rings (SSSR count). The van der Waals surface area contributed by atoms with Crippen molar-refractivity contribution in [3.05, 3.63) is 30.1 Å². The highest BCUT2D eigenvalue weighted by Gasteiger charge is 2.02. The Morgan fingerprint density at radius 2 is 2.00 bits per heavy atom. The number of aldehydes is 1. The monoisotopic (exact) mass is 279 g/mol. The second kappa shape index (κ2) is 5.43. The zero-order valence-corrected chi connectivity index (χ0v) is 8.90. The van der Waals surface area contributed by atoms with Crippen molar-refractivity contribution in [2.75, 3.05) is 0 Å². The molecule has 2 nitrogen and oxygen atoms in total. The minimum Gasteiger partial charge on any atom is -0.302 e. The van der Waals surface area contributed by atoms with E-state index in [0.29, 0.717) is 0 Å². The lowest BCUT2D eigenvalue weighted by Gasteiger charge is -1.98. The zero-order valence-electron chi connectivity index (χ0n) is 5.61. The van der Waals surface area contributed by atoms with E-state index in [4.69, 9.17) is 0 Å². The van der Waals surface area contributed by atoms with Crippen LogP contribution in [0.15, 0.2) is 24.5 Å². The standard InChI is InChI=1S/C7H6BrNO.BrH/c8-7(5-10)6-1-3-9-4-2-6;/h1-5,7H;1H. The first-order chi connectivity index (χ1) is 4.84. The number of hydrogen-bond donors (Lipinski definition) is 0. The van der Waals surface area contributed by atoms with Crippen LogP contribution in [0.3, 0.4) is 0 Å². The van der Waals surface area contributed by atoms with E-state index in [-0.39, 0.29) is 21.8 Å². The third kappa shape index (κ3) is 3.12. The molecule has 1 unspecified atom stereocenters. The van der Waals surface area contributed by atoms with Gasteiger partial charge in [0.1, 0.15) is 6.29 Å². The largest absolute Gasteiger partial charge is 0.302 e. The Hall–Kier alpha value is -0.220. The number of rotatable bonds is 2. The molecule has 0 aliphatic heterocycles. The van der Waals surface area contributed by atoms with E-state index >= 15 is 0 Å². The highest BCUT2D eigenvalue weighted by molar-refractivity contribution is 9.09. The maximum absolute atomic E-state index is 10.2. The van der Waals surface area contributed by atoms with Gasteiger partial charge in [-0.2, -0.15) is 0 Å². The van der Waals surface area contributed by atoms with Gasteiger partial charge in [-0.25, -0.2) is 0 Å². The molecule has 0 aliphatic carbocycles. The first-order valence-corrected chi connectivity index (χ1v) is 3.75. The maximum atomic E-state index is 10.2. The molecule has 4 heteroatoms. The van der Waals surface area contributed by atoms with Gasteiger partial charge in [-0.3, -0.25) is 4.98 Å². The van der Waals surface area contributed by atoms with Crippen LogP contribution in [0.4, 0.5) is 0 Å². The van der Waals surface area contributed by atoms with Gasteiger partial charge in [-0.05, 0) is 17.7 Å². The second-order valence-electron chi connectivity index (χ2n) is 1.82. The Morgan fingerprint density at radius 1 is 1.45 bits per heavy atom. The Kier molecular flexibility index (Phi) is 5.32. The molecule has 1 heterocycles. The Labute approximate surface area is 83.9 Å². The van der Waals surface area contributed by atoms with E-state index in [1.165, 1.54) is 0 Å². The molecular formula is C7H7Br2NO. The van der Waals surface area contributed by atoms with Gasteiger partial charge in [0.2, 0.25) is 0 Å². The molecule has 0 spiro atoms. The maximum Gasteiger partial charge on any atom is 0.138 e. The van der Waals surface area contributed by atoms with Crippen LogP contribution in [-0.2, 0) is 4.79 Å². The van der Waals surface area contributed by atoms with Gasteiger partial charge >= 0.3 is 0 Å². The van der Waals surface area contributed by atoms with Crippen LogP contribution in [-0.4, -0.2) is 11.3 Å². The molecule has 1 aromatic rings. The van der Waals surface area contributed by atoms with Crippen molar-refractivity contribution in [3.8, 4) is 0 Å². The van der Waals surface area contributed by atoms with Crippen molar-refractivity contribution < 1.29 is 4.79 Å². The van der Waals surface area contributed by atoms with Crippen molar-refractivity contribution in [1.29, 1.82) is 0 Å². The van der Waals surface area contributed by atoms with Crippen LogP contribution < -0.4 is 0 Å².